The van der Waals surface area contributed by atoms with Gasteiger partial charge < -0.3 is 10.2 Å². The minimum absolute atomic E-state index is 0.102. The second-order valence-electron chi connectivity index (χ2n) is 4.29. The lowest BCUT2D eigenvalue weighted by atomic mass is 10.1. The van der Waals surface area contributed by atoms with Crippen LogP contribution >= 0.6 is 0 Å². The van der Waals surface area contributed by atoms with Gasteiger partial charge in [-0.3, -0.25) is 4.79 Å². The van der Waals surface area contributed by atoms with Crippen LogP contribution in [0.25, 0.3) is 10.8 Å². The van der Waals surface area contributed by atoms with Gasteiger partial charge >= 0.3 is 0 Å². The van der Waals surface area contributed by atoms with E-state index in [2.05, 4.69) is 23.5 Å². The third-order valence-electron chi connectivity index (χ3n) is 3.12. The summed E-state index contributed by atoms with van der Waals surface area (Å²) in [6.45, 7) is 3.03. The van der Waals surface area contributed by atoms with Crippen LogP contribution in [-0.2, 0) is 4.79 Å². The van der Waals surface area contributed by atoms with Crippen molar-refractivity contribution in [1.82, 2.24) is 4.90 Å². The van der Waals surface area contributed by atoms with Gasteiger partial charge in [-0.1, -0.05) is 36.4 Å². The molecule has 0 atom stereocenters. The van der Waals surface area contributed by atoms with Gasteiger partial charge in [0.1, 0.15) is 0 Å². The number of hydrogen-bond acceptors (Lipinski definition) is 2. The average molecular weight is 242 g/mol. The minimum Gasteiger partial charge on any atom is -0.376 e. The molecule has 0 saturated carbocycles. The first-order chi connectivity index (χ1) is 8.72. The summed E-state index contributed by atoms with van der Waals surface area (Å²) >= 11 is 0. The molecule has 0 aromatic heterocycles. The highest BCUT2D eigenvalue weighted by molar-refractivity contribution is 5.95. The van der Waals surface area contributed by atoms with Crippen molar-refractivity contribution >= 4 is 22.4 Å². The summed E-state index contributed by atoms with van der Waals surface area (Å²) in [5.74, 6) is 0.102. The van der Waals surface area contributed by atoms with E-state index < -0.39 is 0 Å². The largest absolute Gasteiger partial charge is 0.376 e. The number of anilines is 1. The first kappa shape index (κ1) is 12.4. The van der Waals surface area contributed by atoms with Crippen molar-refractivity contribution in [1.29, 1.82) is 0 Å². The van der Waals surface area contributed by atoms with Gasteiger partial charge in [-0.2, -0.15) is 0 Å². The number of hydrogen-bond donors (Lipinski definition) is 1. The number of nitrogens with zero attached hydrogens (tertiary/aromatic N) is 1. The minimum atomic E-state index is 0.102. The molecule has 94 valence electrons. The summed E-state index contributed by atoms with van der Waals surface area (Å²) in [4.78, 5) is 13.5. The van der Waals surface area contributed by atoms with Gasteiger partial charge in [0.2, 0.25) is 5.91 Å². The zero-order chi connectivity index (χ0) is 13.0. The number of rotatable bonds is 4. The molecule has 0 heterocycles. The van der Waals surface area contributed by atoms with Gasteiger partial charge in [-0.25, -0.2) is 0 Å². The van der Waals surface area contributed by atoms with Crippen LogP contribution in [0.15, 0.2) is 42.5 Å². The van der Waals surface area contributed by atoms with Crippen LogP contribution in [0.5, 0.6) is 0 Å². The summed E-state index contributed by atoms with van der Waals surface area (Å²) in [6, 6.07) is 14.2. The molecule has 2 aromatic rings. The maximum atomic E-state index is 11.7. The Hall–Kier alpha value is -2.03. The van der Waals surface area contributed by atoms with E-state index in [1.54, 1.807) is 4.90 Å². The van der Waals surface area contributed by atoms with E-state index in [1.807, 2.05) is 38.2 Å². The van der Waals surface area contributed by atoms with Crippen molar-refractivity contribution in [2.45, 2.75) is 6.92 Å². The van der Waals surface area contributed by atoms with E-state index in [9.17, 15) is 4.79 Å². The van der Waals surface area contributed by atoms with Crippen molar-refractivity contribution < 1.29 is 4.79 Å². The molecule has 0 aliphatic carbocycles. The first-order valence-electron chi connectivity index (χ1n) is 6.18. The standard InChI is InChI=1S/C15H18N2O/c1-3-17(2)15(18)11-16-14-10-6-8-12-7-4-5-9-13(12)14/h4-10,16H,3,11H2,1-2H3. The van der Waals surface area contributed by atoms with E-state index in [0.29, 0.717) is 6.54 Å². The smallest absolute Gasteiger partial charge is 0.241 e. The predicted octanol–water partition coefficient (Wildman–Crippen LogP) is 2.73. The van der Waals surface area contributed by atoms with Gasteiger partial charge in [0.05, 0.1) is 6.54 Å². The number of carbonyl (C=O) groups is 1. The maximum Gasteiger partial charge on any atom is 0.241 e. The summed E-state index contributed by atoms with van der Waals surface area (Å²) in [5.41, 5.74) is 1.01. The summed E-state index contributed by atoms with van der Waals surface area (Å²) in [7, 11) is 1.81. The van der Waals surface area contributed by atoms with E-state index in [-0.39, 0.29) is 5.91 Å². The second kappa shape index (κ2) is 5.54. The molecule has 3 nitrogen and oxygen atoms in total. The molecule has 0 bridgehead atoms. The highest BCUT2D eigenvalue weighted by Gasteiger charge is 2.06. The highest BCUT2D eigenvalue weighted by Crippen LogP contribution is 2.22. The lowest BCUT2D eigenvalue weighted by molar-refractivity contribution is -0.127. The zero-order valence-corrected chi connectivity index (χ0v) is 10.8. The first-order valence-corrected chi connectivity index (χ1v) is 6.18. The Morgan fingerprint density at radius 3 is 2.67 bits per heavy atom. The van der Waals surface area contributed by atoms with Gasteiger partial charge in [-0.15, -0.1) is 0 Å². The molecular weight excluding hydrogens is 224 g/mol. The van der Waals surface area contributed by atoms with Crippen molar-refractivity contribution in [3.8, 4) is 0 Å². The fraction of sp³-hybridized carbons (Fsp3) is 0.267. The molecule has 18 heavy (non-hydrogen) atoms. The number of likely N-dealkylation sites (N-methyl/N-ethyl adjacent to an activating group) is 1. The Labute approximate surface area is 107 Å². The average Bonchev–Trinajstić information content (AvgIpc) is 2.43. The lowest BCUT2D eigenvalue weighted by Crippen LogP contribution is -2.31. The number of amides is 1. The SMILES string of the molecule is CCN(C)C(=O)CNc1cccc2ccccc12. The molecule has 1 amide bonds. The molecule has 0 aliphatic rings. The Kier molecular flexibility index (Phi) is 3.82. The van der Waals surface area contributed by atoms with E-state index >= 15 is 0 Å². The molecule has 0 saturated heterocycles. The third kappa shape index (κ3) is 2.62. The normalized spacial score (nSPS) is 10.3. The molecule has 0 unspecified atom stereocenters. The van der Waals surface area contributed by atoms with Gasteiger partial charge in [0, 0.05) is 24.7 Å². The van der Waals surface area contributed by atoms with E-state index in [0.717, 1.165) is 17.6 Å². The Morgan fingerprint density at radius 2 is 1.89 bits per heavy atom. The fourth-order valence-electron chi connectivity index (χ4n) is 1.86. The molecule has 0 spiro atoms. The highest BCUT2D eigenvalue weighted by atomic mass is 16.2. The monoisotopic (exact) mass is 242 g/mol. The zero-order valence-electron chi connectivity index (χ0n) is 10.8. The van der Waals surface area contributed by atoms with Crippen LogP contribution < -0.4 is 5.32 Å². The van der Waals surface area contributed by atoms with Crippen molar-refractivity contribution in [2.24, 2.45) is 0 Å². The second-order valence-corrected chi connectivity index (χ2v) is 4.29. The number of nitrogens with one attached hydrogen (secondary N) is 1. The van der Waals surface area contributed by atoms with Crippen molar-refractivity contribution in [2.75, 3.05) is 25.5 Å². The Morgan fingerprint density at radius 1 is 1.17 bits per heavy atom. The molecule has 0 radical (unpaired) electrons. The maximum absolute atomic E-state index is 11.7. The summed E-state index contributed by atoms with van der Waals surface area (Å²) in [5, 5.41) is 5.54. The predicted molar refractivity (Wildman–Crippen MR) is 75.7 cm³/mol. The van der Waals surface area contributed by atoms with Crippen LogP contribution in [0.1, 0.15) is 6.92 Å². The lowest BCUT2D eigenvalue weighted by Gasteiger charge is -2.16. The summed E-state index contributed by atoms with van der Waals surface area (Å²) < 4.78 is 0. The Bertz CT molecular complexity index is 546. The van der Waals surface area contributed by atoms with Crippen LogP contribution in [0.4, 0.5) is 5.69 Å². The van der Waals surface area contributed by atoms with E-state index in [1.165, 1.54) is 5.39 Å². The molecule has 2 aromatic carbocycles. The van der Waals surface area contributed by atoms with Gasteiger partial charge in [-0.05, 0) is 18.4 Å². The number of fused-ring (bicyclic) bond motifs is 1. The third-order valence-corrected chi connectivity index (χ3v) is 3.12. The quantitative estimate of drug-likeness (QED) is 0.894. The summed E-state index contributed by atoms with van der Waals surface area (Å²) in [6.07, 6.45) is 0. The van der Waals surface area contributed by atoms with Crippen molar-refractivity contribution in [3.05, 3.63) is 42.5 Å². The molecule has 0 aliphatic heterocycles. The fourth-order valence-corrected chi connectivity index (χ4v) is 1.86. The molecule has 0 fully saturated rings. The van der Waals surface area contributed by atoms with E-state index in [4.69, 9.17) is 0 Å². The van der Waals surface area contributed by atoms with Gasteiger partial charge in [0.15, 0.2) is 0 Å². The molecule has 3 heteroatoms. The van der Waals surface area contributed by atoms with Crippen LogP contribution in [0.2, 0.25) is 0 Å². The van der Waals surface area contributed by atoms with Gasteiger partial charge in [0.25, 0.3) is 0 Å². The Balaban J connectivity index is 2.15. The number of benzene rings is 2. The molecule has 1 N–H and O–H groups in total. The van der Waals surface area contributed by atoms with Crippen LogP contribution in [0.3, 0.4) is 0 Å². The topological polar surface area (TPSA) is 32.3 Å². The van der Waals surface area contributed by atoms with Crippen LogP contribution in [-0.4, -0.2) is 30.9 Å². The number of carbonyl (C=O) groups excluding carboxylic acids is 1. The molecule has 2 rings (SSSR count). The molecular formula is C15H18N2O. The van der Waals surface area contributed by atoms with Crippen LogP contribution in [0, 0.1) is 0 Å². The van der Waals surface area contributed by atoms with Crippen molar-refractivity contribution in [3.63, 3.8) is 0 Å².